The van der Waals surface area contributed by atoms with Gasteiger partial charge in [-0.05, 0) is 34.9 Å². The number of hydrogen-bond acceptors (Lipinski definition) is 2. The molecular weight excluding hydrogens is 324 g/mol. The van der Waals surface area contributed by atoms with Crippen LogP contribution in [0.4, 0.5) is 4.79 Å². The predicted molar refractivity (Wildman–Crippen MR) is 103 cm³/mol. The van der Waals surface area contributed by atoms with Crippen LogP contribution >= 0.6 is 0 Å². The van der Waals surface area contributed by atoms with Gasteiger partial charge in [-0.2, -0.15) is 0 Å². The van der Waals surface area contributed by atoms with Gasteiger partial charge in [0.15, 0.2) is 0 Å². The summed E-state index contributed by atoms with van der Waals surface area (Å²) in [5.41, 5.74) is 3.46. The molecule has 4 heteroatoms. The number of urea groups is 1. The summed E-state index contributed by atoms with van der Waals surface area (Å²) in [6, 6.07) is 17.4. The number of hydrogen-bond donors (Lipinski definition) is 1. The van der Waals surface area contributed by atoms with Crippen molar-refractivity contribution in [2.24, 2.45) is 0 Å². The fourth-order valence-electron chi connectivity index (χ4n) is 3.17. The van der Waals surface area contributed by atoms with Crippen LogP contribution in [0.5, 0.6) is 0 Å². The van der Waals surface area contributed by atoms with Crippen LogP contribution < -0.4 is 5.32 Å². The van der Waals surface area contributed by atoms with Crippen LogP contribution in [0.1, 0.15) is 43.9 Å². The van der Waals surface area contributed by atoms with Crippen molar-refractivity contribution in [3.05, 3.63) is 71.3 Å². The Morgan fingerprint density at radius 2 is 1.58 bits per heavy atom. The fraction of sp³-hybridized carbons (Fsp3) is 0.364. The Labute approximate surface area is 155 Å². The average Bonchev–Trinajstić information content (AvgIpc) is 2.88. The molecule has 1 saturated heterocycles. The fourth-order valence-corrected chi connectivity index (χ4v) is 3.17. The van der Waals surface area contributed by atoms with Crippen molar-refractivity contribution in [3.63, 3.8) is 0 Å². The first-order valence-electron chi connectivity index (χ1n) is 9.10. The van der Waals surface area contributed by atoms with Crippen LogP contribution in [0.25, 0.3) is 0 Å². The molecule has 4 nitrogen and oxygen atoms in total. The summed E-state index contributed by atoms with van der Waals surface area (Å²) in [4.78, 5) is 26.2. The SMILES string of the molecule is CC(C)(C)c1ccc(CN2C(=O)NC(CCc3ccccc3)C2=O)cc1. The van der Waals surface area contributed by atoms with Crippen LogP contribution in [-0.4, -0.2) is 22.9 Å². The Balaban J connectivity index is 1.62. The van der Waals surface area contributed by atoms with E-state index < -0.39 is 6.04 Å². The molecule has 0 aromatic heterocycles. The van der Waals surface area contributed by atoms with E-state index >= 15 is 0 Å². The Morgan fingerprint density at radius 1 is 0.923 bits per heavy atom. The monoisotopic (exact) mass is 350 g/mol. The molecule has 0 saturated carbocycles. The quantitative estimate of drug-likeness (QED) is 0.828. The first-order valence-corrected chi connectivity index (χ1v) is 9.10. The number of benzene rings is 2. The molecule has 3 rings (SSSR count). The van der Waals surface area contributed by atoms with Crippen molar-refractivity contribution < 1.29 is 9.59 Å². The third-order valence-electron chi connectivity index (χ3n) is 4.83. The number of carbonyl (C=O) groups is 2. The van der Waals surface area contributed by atoms with Crippen molar-refractivity contribution in [2.75, 3.05) is 0 Å². The van der Waals surface area contributed by atoms with Crippen LogP contribution in [0.15, 0.2) is 54.6 Å². The predicted octanol–water partition coefficient (Wildman–Crippen LogP) is 4.04. The van der Waals surface area contributed by atoms with E-state index in [9.17, 15) is 9.59 Å². The highest BCUT2D eigenvalue weighted by Gasteiger charge is 2.37. The third kappa shape index (κ3) is 4.13. The molecule has 1 fully saturated rings. The number of amides is 3. The summed E-state index contributed by atoms with van der Waals surface area (Å²) >= 11 is 0. The zero-order valence-electron chi connectivity index (χ0n) is 15.7. The topological polar surface area (TPSA) is 49.4 Å². The standard InChI is InChI=1S/C22H26N2O2/c1-22(2,3)18-12-9-17(10-13-18)15-24-20(25)19(23-21(24)26)14-11-16-7-5-4-6-8-16/h4-10,12-13,19H,11,14-15H2,1-3H3,(H,23,26). The maximum atomic E-state index is 12.6. The summed E-state index contributed by atoms with van der Waals surface area (Å²) in [5, 5.41) is 2.82. The van der Waals surface area contributed by atoms with Gasteiger partial charge in [-0.3, -0.25) is 9.69 Å². The zero-order chi connectivity index (χ0) is 18.7. The highest BCUT2D eigenvalue weighted by atomic mass is 16.2. The molecule has 26 heavy (non-hydrogen) atoms. The number of carbonyl (C=O) groups excluding carboxylic acids is 2. The minimum atomic E-state index is -0.434. The van der Waals surface area contributed by atoms with E-state index in [4.69, 9.17) is 0 Å². The van der Waals surface area contributed by atoms with Crippen molar-refractivity contribution in [3.8, 4) is 0 Å². The lowest BCUT2D eigenvalue weighted by molar-refractivity contribution is -0.128. The van der Waals surface area contributed by atoms with Crippen molar-refractivity contribution in [2.45, 2.75) is 51.6 Å². The number of imide groups is 1. The normalized spacial score (nSPS) is 17.5. The Bertz CT molecular complexity index is 776. The smallest absolute Gasteiger partial charge is 0.325 e. The lowest BCUT2D eigenvalue weighted by Crippen LogP contribution is -2.31. The van der Waals surface area contributed by atoms with E-state index in [1.165, 1.54) is 16.0 Å². The van der Waals surface area contributed by atoms with E-state index in [-0.39, 0.29) is 17.4 Å². The van der Waals surface area contributed by atoms with Gasteiger partial charge in [0.1, 0.15) is 6.04 Å². The summed E-state index contributed by atoms with van der Waals surface area (Å²) in [6.45, 7) is 6.81. The van der Waals surface area contributed by atoms with E-state index in [1.54, 1.807) is 0 Å². The first kappa shape index (κ1) is 18.2. The second kappa shape index (κ2) is 7.32. The largest absolute Gasteiger partial charge is 0.326 e. The van der Waals surface area contributed by atoms with Gasteiger partial charge in [-0.15, -0.1) is 0 Å². The molecule has 0 aliphatic carbocycles. The highest BCUT2D eigenvalue weighted by molar-refractivity contribution is 6.04. The Hall–Kier alpha value is -2.62. The summed E-state index contributed by atoms with van der Waals surface area (Å²) in [5.74, 6) is -0.133. The van der Waals surface area contributed by atoms with Gasteiger partial charge < -0.3 is 5.32 Å². The molecule has 1 N–H and O–H groups in total. The molecule has 3 amide bonds. The zero-order valence-corrected chi connectivity index (χ0v) is 15.7. The highest BCUT2D eigenvalue weighted by Crippen LogP contribution is 2.23. The minimum Gasteiger partial charge on any atom is -0.326 e. The van der Waals surface area contributed by atoms with Crippen LogP contribution in [0.2, 0.25) is 0 Å². The maximum Gasteiger partial charge on any atom is 0.325 e. The molecule has 1 aliphatic heterocycles. The molecule has 1 aliphatic rings. The van der Waals surface area contributed by atoms with E-state index in [1.807, 2.05) is 42.5 Å². The molecule has 0 radical (unpaired) electrons. The van der Waals surface area contributed by atoms with Gasteiger partial charge in [0, 0.05) is 0 Å². The van der Waals surface area contributed by atoms with Crippen LogP contribution in [0, 0.1) is 0 Å². The lowest BCUT2D eigenvalue weighted by Gasteiger charge is -2.20. The summed E-state index contributed by atoms with van der Waals surface area (Å²) in [6.07, 6.45) is 1.39. The van der Waals surface area contributed by atoms with Gasteiger partial charge in [-0.25, -0.2) is 4.79 Å². The van der Waals surface area contributed by atoms with Gasteiger partial charge in [0.25, 0.3) is 5.91 Å². The van der Waals surface area contributed by atoms with Crippen molar-refractivity contribution in [1.82, 2.24) is 10.2 Å². The minimum absolute atomic E-state index is 0.0852. The van der Waals surface area contributed by atoms with E-state index in [0.29, 0.717) is 13.0 Å². The average molecular weight is 350 g/mol. The molecule has 1 atom stereocenters. The molecule has 136 valence electrons. The summed E-state index contributed by atoms with van der Waals surface area (Å²) in [7, 11) is 0. The second-order valence-electron chi connectivity index (χ2n) is 7.90. The lowest BCUT2D eigenvalue weighted by atomic mass is 9.87. The molecule has 0 spiro atoms. The Kier molecular flexibility index (Phi) is 5.12. The molecule has 1 heterocycles. The number of rotatable bonds is 5. The number of aryl methyl sites for hydroxylation is 1. The first-order chi connectivity index (χ1) is 12.3. The van der Waals surface area contributed by atoms with E-state index in [0.717, 1.165) is 12.0 Å². The Morgan fingerprint density at radius 3 is 2.19 bits per heavy atom. The second-order valence-corrected chi connectivity index (χ2v) is 7.90. The maximum absolute atomic E-state index is 12.6. The molecule has 0 bridgehead atoms. The van der Waals surface area contributed by atoms with Gasteiger partial charge >= 0.3 is 6.03 Å². The van der Waals surface area contributed by atoms with Crippen LogP contribution in [-0.2, 0) is 23.2 Å². The number of nitrogens with zero attached hydrogens (tertiary/aromatic N) is 1. The number of nitrogens with one attached hydrogen (secondary N) is 1. The summed E-state index contributed by atoms with van der Waals surface area (Å²) < 4.78 is 0. The van der Waals surface area contributed by atoms with Crippen molar-refractivity contribution in [1.29, 1.82) is 0 Å². The van der Waals surface area contributed by atoms with Gasteiger partial charge in [0.05, 0.1) is 6.54 Å². The molecule has 1 unspecified atom stereocenters. The molecule has 2 aromatic carbocycles. The van der Waals surface area contributed by atoms with E-state index in [2.05, 4.69) is 38.2 Å². The van der Waals surface area contributed by atoms with Gasteiger partial charge in [0.2, 0.25) is 0 Å². The van der Waals surface area contributed by atoms with Crippen LogP contribution in [0.3, 0.4) is 0 Å². The molecule has 2 aromatic rings. The third-order valence-corrected chi connectivity index (χ3v) is 4.83. The van der Waals surface area contributed by atoms with Gasteiger partial charge in [-0.1, -0.05) is 75.4 Å². The van der Waals surface area contributed by atoms with Crippen molar-refractivity contribution >= 4 is 11.9 Å². The molecular formula is C22H26N2O2.